The number of carbonyl (C=O) groups excluding carboxylic acids is 1. The van der Waals surface area contributed by atoms with Crippen LogP contribution in [0.2, 0.25) is 0 Å². The zero-order valence-electron chi connectivity index (χ0n) is 6.71. The van der Waals surface area contributed by atoms with Gasteiger partial charge >= 0.3 is 0 Å². The molecule has 0 spiro atoms. The Kier molecular flexibility index (Phi) is 2.64. The molecule has 1 saturated carbocycles. The molecule has 0 aliphatic heterocycles. The van der Waals surface area contributed by atoms with E-state index < -0.39 is 0 Å². The molecular formula is C9H12NO. The van der Waals surface area contributed by atoms with Gasteiger partial charge < -0.3 is 0 Å². The Morgan fingerprint density at radius 2 is 2.27 bits per heavy atom. The highest BCUT2D eigenvalue weighted by Crippen LogP contribution is 2.40. The van der Waals surface area contributed by atoms with Gasteiger partial charge in [0.15, 0.2) is 0 Å². The predicted molar refractivity (Wildman–Crippen MR) is 41.3 cm³/mol. The molecule has 11 heavy (non-hydrogen) atoms. The Hall–Kier alpha value is -0.840. The van der Waals surface area contributed by atoms with Crippen LogP contribution < -0.4 is 0 Å². The Morgan fingerprint density at radius 1 is 1.64 bits per heavy atom. The molecule has 1 radical (unpaired) electrons. The normalized spacial score (nSPS) is 21.8. The van der Waals surface area contributed by atoms with Gasteiger partial charge in [0.05, 0.1) is 6.07 Å². The number of hydrogen-bond donors (Lipinski definition) is 0. The first-order valence-electron chi connectivity index (χ1n) is 4.04. The highest BCUT2D eigenvalue weighted by atomic mass is 16.1. The molecule has 2 heteroatoms. The average molecular weight is 150 g/mol. The lowest BCUT2D eigenvalue weighted by Crippen LogP contribution is -2.14. The van der Waals surface area contributed by atoms with Crippen molar-refractivity contribution in [3.63, 3.8) is 0 Å². The standard InChI is InChI=1S/C9H12NO/c1-7(4-5-10)9(6-11)8-2-3-8/h7-9H,2-4H2,1H3. The minimum Gasteiger partial charge on any atom is -0.291 e. The maximum absolute atomic E-state index is 10.5. The van der Waals surface area contributed by atoms with Crippen LogP contribution in [-0.4, -0.2) is 6.29 Å². The highest BCUT2D eigenvalue weighted by molar-refractivity contribution is 5.56. The molecule has 0 N–H and O–H groups in total. The summed E-state index contributed by atoms with van der Waals surface area (Å²) in [5.74, 6) is 0.760. The summed E-state index contributed by atoms with van der Waals surface area (Å²) in [6, 6.07) is 2.09. The van der Waals surface area contributed by atoms with Crippen LogP contribution >= 0.6 is 0 Å². The van der Waals surface area contributed by atoms with Crippen molar-refractivity contribution < 1.29 is 4.79 Å². The molecule has 59 valence electrons. The largest absolute Gasteiger partial charge is 0.291 e. The Bertz CT molecular complexity index is 178. The fourth-order valence-corrected chi connectivity index (χ4v) is 1.40. The molecule has 1 aliphatic carbocycles. The lowest BCUT2D eigenvalue weighted by atomic mass is 9.89. The number of nitriles is 1. The van der Waals surface area contributed by atoms with Gasteiger partial charge in [-0.15, -0.1) is 0 Å². The van der Waals surface area contributed by atoms with E-state index in [1.54, 1.807) is 0 Å². The quantitative estimate of drug-likeness (QED) is 0.611. The molecule has 0 bridgehead atoms. The fourth-order valence-electron chi connectivity index (χ4n) is 1.40. The molecule has 0 aromatic heterocycles. The summed E-state index contributed by atoms with van der Waals surface area (Å²) in [5, 5.41) is 8.40. The van der Waals surface area contributed by atoms with Gasteiger partial charge in [0.2, 0.25) is 6.29 Å². The van der Waals surface area contributed by atoms with Crippen molar-refractivity contribution in [2.24, 2.45) is 17.8 Å². The monoisotopic (exact) mass is 150 g/mol. The van der Waals surface area contributed by atoms with Crippen molar-refractivity contribution in [2.45, 2.75) is 26.2 Å². The van der Waals surface area contributed by atoms with E-state index >= 15 is 0 Å². The summed E-state index contributed by atoms with van der Waals surface area (Å²) in [6.45, 7) is 1.96. The van der Waals surface area contributed by atoms with Crippen LogP contribution in [0, 0.1) is 29.1 Å². The third-order valence-electron chi connectivity index (χ3n) is 2.29. The van der Waals surface area contributed by atoms with Gasteiger partial charge in [-0.3, -0.25) is 4.79 Å². The van der Waals surface area contributed by atoms with Gasteiger partial charge in [0.25, 0.3) is 0 Å². The van der Waals surface area contributed by atoms with Crippen LogP contribution in [0.1, 0.15) is 26.2 Å². The van der Waals surface area contributed by atoms with Crippen LogP contribution in [0.4, 0.5) is 0 Å². The Morgan fingerprint density at radius 3 is 2.64 bits per heavy atom. The van der Waals surface area contributed by atoms with Crippen molar-refractivity contribution in [2.75, 3.05) is 0 Å². The molecule has 0 heterocycles. The average Bonchev–Trinajstić information content (AvgIpc) is 2.73. The molecular weight excluding hydrogens is 138 g/mol. The summed E-state index contributed by atoms with van der Waals surface area (Å²) in [6.07, 6.45) is 4.83. The summed E-state index contributed by atoms with van der Waals surface area (Å²) in [5.41, 5.74) is 0. The summed E-state index contributed by atoms with van der Waals surface area (Å²) in [7, 11) is 0. The third-order valence-corrected chi connectivity index (χ3v) is 2.29. The second-order valence-electron chi connectivity index (χ2n) is 3.32. The zero-order valence-corrected chi connectivity index (χ0v) is 6.71. The molecule has 0 aromatic carbocycles. The first-order valence-corrected chi connectivity index (χ1v) is 4.04. The number of hydrogen-bond acceptors (Lipinski definition) is 2. The topological polar surface area (TPSA) is 40.9 Å². The van der Waals surface area contributed by atoms with E-state index in [0.717, 1.165) is 12.8 Å². The van der Waals surface area contributed by atoms with Gasteiger partial charge in [-0.1, -0.05) is 6.92 Å². The smallest absolute Gasteiger partial charge is 0.202 e. The maximum atomic E-state index is 10.5. The zero-order chi connectivity index (χ0) is 8.27. The molecule has 1 fully saturated rings. The molecule has 1 aliphatic rings. The Balaban J connectivity index is 2.40. The van der Waals surface area contributed by atoms with Crippen molar-refractivity contribution >= 4 is 6.29 Å². The first kappa shape index (κ1) is 8.26. The van der Waals surface area contributed by atoms with Gasteiger partial charge in [0, 0.05) is 12.3 Å². The number of rotatable bonds is 4. The lowest BCUT2D eigenvalue weighted by molar-refractivity contribution is 0.392. The maximum Gasteiger partial charge on any atom is 0.202 e. The van der Waals surface area contributed by atoms with E-state index in [1.807, 2.05) is 13.2 Å². The summed E-state index contributed by atoms with van der Waals surface area (Å²) in [4.78, 5) is 10.5. The van der Waals surface area contributed by atoms with Crippen LogP contribution in [0.25, 0.3) is 0 Å². The fraction of sp³-hybridized carbons (Fsp3) is 0.778. The molecule has 2 unspecified atom stereocenters. The molecule has 1 rings (SSSR count). The van der Waals surface area contributed by atoms with E-state index in [-0.39, 0.29) is 11.8 Å². The molecule has 0 aromatic rings. The van der Waals surface area contributed by atoms with Crippen molar-refractivity contribution in [1.82, 2.24) is 0 Å². The van der Waals surface area contributed by atoms with Gasteiger partial charge in [0.1, 0.15) is 0 Å². The number of nitrogens with zero attached hydrogens (tertiary/aromatic N) is 1. The van der Waals surface area contributed by atoms with Gasteiger partial charge in [-0.2, -0.15) is 5.26 Å². The second-order valence-corrected chi connectivity index (χ2v) is 3.32. The van der Waals surface area contributed by atoms with E-state index in [1.165, 1.54) is 0 Å². The van der Waals surface area contributed by atoms with Gasteiger partial charge in [-0.25, -0.2) is 0 Å². The predicted octanol–water partition coefficient (Wildman–Crippen LogP) is 1.67. The van der Waals surface area contributed by atoms with Crippen LogP contribution in [0.15, 0.2) is 0 Å². The van der Waals surface area contributed by atoms with E-state index in [2.05, 4.69) is 6.07 Å². The second kappa shape index (κ2) is 3.52. The minimum absolute atomic E-state index is 0.0228. The SMILES string of the molecule is CC(CC#N)C([C]=O)C1CC1. The third kappa shape index (κ3) is 2.04. The molecule has 0 amide bonds. The van der Waals surface area contributed by atoms with Gasteiger partial charge in [-0.05, 0) is 24.7 Å². The molecule has 2 nitrogen and oxygen atoms in total. The van der Waals surface area contributed by atoms with Crippen molar-refractivity contribution in [3.8, 4) is 6.07 Å². The van der Waals surface area contributed by atoms with Crippen LogP contribution in [0.5, 0.6) is 0 Å². The van der Waals surface area contributed by atoms with E-state index in [4.69, 9.17) is 5.26 Å². The lowest BCUT2D eigenvalue weighted by Gasteiger charge is -2.12. The van der Waals surface area contributed by atoms with E-state index in [0.29, 0.717) is 12.3 Å². The van der Waals surface area contributed by atoms with Crippen molar-refractivity contribution in [3.05, 3.63) is 0 Å². The summed E-state index contributed by atoms with van der Waals surface area (Å²) < 4.78 is 0. The van der Waals surface area contributed by atoms with Crippen LogP contribution in [0.3, 0.4) is 0 Å². The summed E-state index contributed by atoms with van der Waals surface area (Å²) >= 11 is 0. The van der Waals surface area contributed by atoms with E-state index in [9.17, 15) is 4.79 Å². The highest BCUT2D eigenvalue weighted by Gasteiger charge is 2.34. The molecule has 0 saturated heterocycles. The first-order chi connectivity index (χ1) is 5.29. The molecule has 2 atom stereocenters. The van der Waals surface area contributed by atoms with Crippen LogP contribution in [-0.2, 0) is 4.79 Å². The minimum atomic E-state index is 0.0228. The van der Waals surface area contributed by atoms with Crippen molar-refractivity contribution in [1.29, 1.82) is 5.26 Å². The Labute approximate surface area is 67.2 Å².